The normalized spacial score (nSPS) is 14.5. The highest BCUT2D eigenvalue weighted by atomic mass is 16.6. The molecule has 0 saturated carbocycles. The number of hydrogen-bond donors (Lipinski definition) is 2. The molecule has 2 N–H and O–H groups in total. The summed E-state index contributed by atoms with van der Waals surface area (Å²) < 4.78 is 0. The maximum absolute atomic E-state index is 12.5. The summed E-state index contributed by atoms with van der Waals surface area (Å²) in [6.45, 7) is 3.66. The minimum Gasteiger partial charge on any atom is -0.478 e. The molecule has 1 saturated heterocycles. The number of hydrogen-bond acceptors (Lipinski definition) is 5. The number of carboxylic acid groups (broad SMARTS) is 1. The largest absolute Gasteiger partial charge is 0.478 e. The third-order valence-corrected chi connectivity index (χ3v) is 4.93. The zero-order valence-corrected chi connectivity index (χ0v) is 15.4. The number of rotatable bonds is 5. The summed E-state index contributed by atoms with van der Waals surface area (Å²) in [5.74, 6) is -1.04. The van der Waals surface area contributed by atoms with Gasteiger partial charge in [0.15, 0.2) is 0 Å². The molecule has 2 aromatic carbocycles. The van der Waals surface area contributed by atoms with Gasteiger partial charge in [-0.05, 0) is 49.1 Å². The molecule has 1 amide bonds. The number of carbonyl (C=O) groups excluding carboxylic acids is 1. The third kappa shape index (κ3) is 4.28. The Morgan fingerprint density at radius 3 is 2.50 bits per heavy atom. The monoisotopic (exact) mass is 383 g/mol. The number of amides is 1. The van der Waals surface area contributed by atoms with Crippen LogP contribution in [0.4, 0.5) is 17.1 Å². The van der Waals surface area contributed by atoms with Gasteiger partial charge in [0.1, 0.15) is 5.69 Å². The van der Waals surface area contributed by atoms with Crippen molar-refractivity contribution in [1.82, 2.24) is 0 Å². The molecule has 0 atom stereocenters. The van der Waals surface area contributed by atoms with Crippen LogP contribution < -0.4 is 10.2 Å². The van der Waals surface area contributed by atoms with E-state index in [1.54, 1.807) is 18.2 Å². The van der Waals surface area contributed by atoms with E-state index in [1.807, 2.05) is 4.90 Å². The highest BCUT2D eigenvalue weighted by molar-refractivity contribution is 6.05. The van der Waals surface area contributed by atoms with Crippen molar-refractivity contribution in [3.63, 3.8) is 0 Å². The maximum atomic E-state index is 12.5. The maximum Gasteiger partial charge on any atom is 0.335 e. The van der Waals surface area contributed by atoms with E-state index >= 15 is 0 Å². The van der Waals surface area contributed by atoms with Gasteiger partial charge in [0, 0.05) is 30.4 Å². The first-order valence-corrected chi connectivity index (χ1v) is 9.03. The van der Waals surface area contributed by atoms with Crippen molar-refractivity contribution in [2.75, 3.05) is 23.3 Å². The van der Waals surface area contributed by atoms with Gasteiger partial charge in [-0.15, -0.1) is 0 Å². The molecular formula is C20H21N3O5. The van der Waals surface area contributed by atoms with Crippen LogP contribution in [0, 0.1) is 16.0 Å². The molecule has 28 heavy (non-hydrogen) atoms. The summed E-state index contributed by atoms with van der Waals surface area (Å²) in [6, 6.07) is 10.2. The minimum absolute atomic E-state index is 0.0402. The van der Waals surface area contributed by atoms with E-state index in [2.05, 4.69) is 12.2 Å². The number of nitrogens with zero attached hydrogens (tertiary/aromatic N) is 2. The highest BCUT2D eigenvalue weighted by Crippen LogP contribution is 2.32. The number of carboxylic acids is 1. The van der Waals surface area contributed by atoms with Gasteiger partial charge in [-0.25, -0.2) is 4.79 Å². The van der Waals surface area contributed by atoms with Gasteiger partial charge >= 0.3 is 5.97 Å². The molecule has 1 fully saturated rings. The highest BCUT2D eigenvalue weighted by Gasteiger charge is 2.24. The molecule has 2 aromatic rings. The van der Waals surface area contributed by atoms with Gasteiger partial charge in [-0.3, -0.25) is 14.9 Å². The number of benzene rings is 2. The lowest BCUT2D eigenvalue weighted by Gasteiger charge is -2.31. The van der Waals surface area contributed by atoms with Gasteiger partial charge in [-0.1, -0.05) is 13.0 Å². The number of carbonyl (C=O) groups is 2. The number of nitrogens with one attached hydrogen (secondary N) is 1. The van der Waals surface area contributed by atoms with Crippen molar-refractivity contribution in [3.05, 3.63) is 63.7 Å². The van der Waals surface area contributed by atoms with Crippen LogP contribution in [0.25, 0.3) is 0 Å². The van der Waals surface area contributed by atoms with Crippen molar-refractivity contribution in [3.8, 4) is 0 Å². The molecular weight excluding hydrogens is 362 g/mol. The fourth-order valence-corrected chi connectivity index (χ4v) is 3.26. The van der Waals surface area contributed by atoms with Crippen LogP contribution in [0.1, 0.15) is 40.5 Å². The van der Waals surface area contributed by atoms with E-state index in [0.717, 1.165) is 25.9 Å². The fraction of sp³-hybridized carbons (Fsp3) is 0.300. The van der Waals surface area contributed by atoms with Gasteiger partial charge < -0.3 is 15.3 Å². The van der Waals surface area contributed by atoms with Crippen LogP contribution in [0.5, 0.6) is 0 Å². The lowest BCUT2D eigenvalue weighted by atomic mass is 9.98. The fourth-order valence-electron chi connectivity index (χ4n) is 3.26. The van der Waals surface area contributed by atoms with Crippen molar-refractivity contribution in [2.24, 2.45) is 5.92 Å². The zero-order chi connectivity index (χ0) is 20.3. The van der Waals surface area contributed by atoms with Gasteiger partial charge in [0.05, 0.1) is 10.5 Å². The molecule has 0 aliphatic carbocycles. The second-order valence-corrected chi connectivity index (χ2v) is 6.97. The Morgan fingerprint density at radius 1 is 1.14 bits per heavy atom. The average molecular weight is 383 g/mol. The molecule has 8 heteroatoms. The third-order valence-electron chi connectivity index (χ3n) is 4.93. The summed E-state index contributed by atoms with van der Waals surface area (Å²) in [5.41, 5.74) is 0.893. The summed E-state index contributed by atoms with van der Waals surface area (Å²) in [6.07, 6.45) is 1.94. The van der Waals surface area contributed by atoms with Crippen LogP contribution in [0.15, 0.2) is 42.5 Å². The first-order chi connectivity index (χ1) is 13.3. The van der Waals surface area contributed by atoms with Crippen molar-refractivity contribution >= 4 is 28.9 Å². The summed E-state index contributed by atoms with van der Waals surface area (Å²) >= 11 is 0. The SMILES string of the molecule is CC1CCN(c2ccc(C(=O)Nc3cccc(C(=O)O)c3)cc2[N+](=O)[O-])CC1. The van der Waals surface area contributed by atoms with Gasteiger partial charge in [0.2, 0.25) is 0 Å². The molecule has 0 radical (unpaired) electrons. The van der Waals surface area contributed by atoms with E-state index in [9.17, 15) is 19.7 Å². The van der Waals surface area contributed by atoms with Crippen LogP contribution in [-0.2, 0) is 0 Å². The van der Waals surface area contributed by atoms with E-state index in [-0.39, 0.29) is 16.8 Å². The summed E-state index contributed by atoms with van der Waals surface area (Å²) in [7, 11) is 0. The second-order valence-electron chi connectivity index (χ2n) is 6.97. The average Bonchev–Trinajstić information content (AvgIpc) is 2.68. The smallest absolute Gasteiger partial charge is 0.335 e. The summed E-state index contributed by atoms with van der Waals surface area (Å²) in [5, 5.41) is 23.2. The van der Waals surface area contributed by atoms with Gasteiger partial charge in [-0.2, -0.15) is 0 Å². The van der Waals surface area contributed by atoms with E-state index in [1.165, 1.54) is 24.3 Å². The molecule has 8 nitrogen and oxygen atoms in total. The van der Waals surface area contributed by atoms with E-state index in [0.29, 0.717) is 17.3 Å². The second kappa shape index (κ2) is 8.08. The zero-order valence-electron chi connectivity index (χ0n) is 15.4. The Balaban J connectivity index is 1.83. The van der Waals surface area contributed by atoms with E-state index < -0.39 is 16.8 Å². The van der Waals surface area contributed by atoms with Crippen LogP contribution >= 0.6 is 0 Å². The lowest BCUT2D eigenvalue weighted by molar-refractivity contribution is -0.384. The molecule has 1 aliphatic rings. The number of piperidine rings is 1. The molecule has 0 unspecified atom stereocenters. The van der Waals surface area contributed by atoms with Gasteiger partial charge in [0.25, 0.3) is 11.6 Å². The first-order valence-electron chi connectivity index (χ1n) is 9.03. The lowest BCUT2D eigenvalue weighted by Crippen LogP contribution is -2.33. The number of anilines is 2. The topological polar surface area (TPSA) is 113 Å². The van der Waals surface area contributed by atoms with E-state index in [4.69, 9.17) is 5.11 Å². The number of aromatic carboxylic acids is 1. The predicted octanol–water partition coefficient (Wildman–Crippen LogP) is 3.78. The van der Waals surface area contributed by atoms with Crippen LogP contribution in [0.2, 0.25) is 0 Å². The Morgan fingerprint density at radius 2 is 1.86 bits per heavy atom. The Bertz CT molecular complexity index is 920. The molecule has 146 valence electrons. The summed E-state index contributed by atoms with van der Waals surface area (Å²) in [4.78, 5) is 36.6. The van der Waals surface area contributed by atoms with Crippen LogP contribution in [-0.4, -0.2) is 35.0 Å². The van der Waals surface area contributed by atoms with Crippen molar-refractivity contribution < 1.29 is 19.6 Å². The molecule has 0 bridgehead atoms. The first kappa shape index (κ1) is 19.3. The predicted molar refractivity (Wildman–Crippen MR) is 105 cm³/mol. The van der Waals surface area contributed by atoms with Crippen LogP contribution in [0.3, 0.4) is 0 Å². The number of nitro benzene ring substituents is 1. The molecule has 1 aliphatic heterocycles. The Kier molecular flexibility index (Phi) is 5.58. The van der Waals surface area contributed by atoms with Crippen molar-refractivity contribution in [2.45, 2.75) is 19.8 Å². The molecule has 0 aromatic heterocycles. The number of nitro groups is 1. The molecule has 3 rings (SSSR count). The van der Waals surface area contributed by atoms with Crippen molar-refractivity contribution in [1.29, 1.82) is 0 Å². The quantitative estimate of drug-likeness (QED) is 0.600. The Hall–Kier alpha value is -3.42. The standard InChI is InChI=1S/C20H21N3O5/c1-13-7-9-22(10-8-13)17-6-5-14(12-18(17)23(27)28)19(24)21-16-4-2-3-15(11-16)20(25)26/h2-6,11-13H,7-10H2,1H3,(H,21,24)(H,25,26). The minimum atomic E-state index is -1.10. The Labute approximate surface area is 161 Å². The molecule has 0 spiro atoms. The molecule has 1 heterocycles.